The van der Waals surface area contributed by atoms with Gasteiger partial charge in [0.1, 0.15) is 23.4 Å². The molecule has 0 aromatic heterocycles. The Labute approximate surface area is 378 Å². The van der Waals surface area contributed by atoms with Gasteiger partial charge in [0, 0.05) is 27.7 Å². The summed E-state index contributed by atoms with van der Waals surface area (Å²) in [5.41, 5.74) is 8.51. The zero-order valence-corrected chi connectivity index (χ0v) is 38.1. The van der Waals surface area contributed by atoms with Gasteiger partial charge >= 0.3 is 11.9 Å². The highest BCUT2D eigenvalue weighted by Crippen LogP contribution is 2.45. The Morgan fingerprint density at radius 3 is 1.28 bits per heavy atom. The van der Waals surface area contributed by atoms with Crippen LogP contribution in [-0.4, -0.2) is 39.0 Å². The largest absolute Gasteiger partial charge is 0.508 e. The summed E-state index contributed by atoms with van der Waals surface area (Å²) >= 11 is 5.11. The third kappa shape index (κ3) is 10.1. The minimum absolute atomic E-state index is 0.00324. The van der Waals surface area contributed by atoms with Crippen LogP contribution < -0.4 is 9.47 Å². The van der Waals surface area contributed by atoms with Gasteiger partial charge < -0.3 is 19.7 Å². The number of ketones is 2. The van der Waals surface area contributed by atoms with Crippen molar-refractivity contribution in [3.8, 4) is 50.6 Å². The molecule has 0 bridgehead atoms. The van der Waals surface area contributed by atoms with Gasteiger partial charge in [-0.05, 0) is 146 Å². The van der Waals surface area contributed by atoms with Crippen molar-refractivity contribution in [1.29, 1.82) is 0 Å². The van der Waals surface area contributed by atoms with Crippen molar-refractivity contribution in [2.45, 2.75) is 68.4 Å². The lowest BCUT2D eigenvalue weighted by Crippen LogP contribution is -2.25. The number of hydrogen-bond acceptors (Lipinski definition) is 9. The van der Waals surface area contributed by atoms with E-state index in [4.69, 9.17) is 21.1 Å². The molecule has 6 aromatic carbocycles. The third-order valence-corrected chi connectivity index (χ3v) is 11.1. The summed E-state index contributed by atoms with van der Waals surface area (Å²) in [6.07, 6.45) is -0.663. The maximum absolute atomic E-state index is 12.4. The summed E-state index contributed by atoms with van der Waals surface area (Å²) in [5.74, 6) is 0.397. The maximum Gasteiger partial charge on any atom is 0.316 e. The maximum atomic E-state index is 12.4. The number of aromatic hydroxyl groups is 1. The molecular weight excluding hydrogens is 828 g/mol. The molecule has 1 unspecified atom stereocenters. The lowest BCUT2D eigenvalue weighted by Gasteiger charge is -2.17. The SMILES string of the molecule is CC(C)(C)C(=O)Cl.CC(C)(C)C(=O)Oc1ccc2c(c1)C(=O)c1ccccc1-2.CC(C)(C)C(=O)Oc1ccc2c(c1)C(O)c1ccccc1-2.O=C1c2ccccc2-c2ccc(O)cc21. The van der Waals surface area contributed by atoms with Crippen molar-refractivity contribution in [3.63, 3.8) is 0 Å². The first-order chi connectivity index (χ1) is 30.0. The van der Waals surface area contributed by atoms with E-state index in [1.165, 1.54) is 6.07 Å². The first-order valence-electron chi connectivity index (χ1n) is 20.8. The van der Waals surface area contributed by atoms with Crippen LogP contribution in [0.2, 0.25) is 0 Å². The Balaban J connectivity index is 0.000000150. The first kappa shape index (κ1) is 46.8. The number of fused-ring (bicyclic) bond motifs is 9. The van der Waals surface area contributed by atoms with Gasteiger partial charge in [-0.1, -0.05) is 99.6 Å². The molecule has 0 heterocycles. The lowest BCUT2D eigenvalue weighted by molar-refractivity contribution is -0.143. The number of carbonyl (C=O) groups is 5. The Morgan fingerprint density at radius 2 is 0.812 bits per heavy atom. The summed E-state index contributed by atoms with van der Waals surface area (Å²) in [6, 6.07) is 38.4. The van der Waals surface area contributed by atoms with Gasteiger partial charge in [0.25, 0.3) is 0 Å². The zero-order valence-electron chi connectivity index (χ0n) is 37.3. The van der Waals surface area contributed by atoms with Gasteiger partial charge in [0.2, 0.25) is 5.24 Å². The van der Waals surface area contributed by atoms with Crippen LogP contribution in [0.1, 0.15) is 111 Å². The highest BCUT2D eigenvalue weighted by molar-refractivity contribution is 6.64. The minimum Gasteiger partial charge on any atom is -0.508 e. The topological polar surface area (TPSA) is 144 Å². The van der Waals surface area contributed by atoms with Gasteiger partial charge in [-0.25, -0.2) is 0 Å². The Bertz CT molecular complexity index is 2820. The number of carbonyl (C=O) groups excluding carboxylic acids is 5. The molecule has 0 saturated carbocycles. The van der Waals surface area contributed by atoms with Crippen LogP contribution in [0.25, 0.3) is 33.4 Å². The third-order valence-electron chi connectivity index (χ3n) is 10.5. The van der Waals surface area contributed by atoms with Crippen LogP contribution in [0.4, 0.5) is 0 Å². The molecule has 64 heavy (non-hydrogen) atoms. The fourth-order valence-corrected chi connectivity index (χ4v) is 6.83. The van der Waals surface area contributed by atoms with E-state index < -0.39 is 16.9 Å². The summed E-state index contributed by atoms with van der Waals surface area (Å²) in [4.78, 5) is 58.4. The molecule has 10 heteroatoms. The summed E-state index contributed by atoms with van der Waals surface area (Å²) in [5, 5.41) is 19.5. The summed E-state index contributed by atoms with van der Waals surface area (Å²) in [7, 11) is 0. The van der Waals surface area contributed by atoms with E-state index in [2.05, 4.69) is 0 Å². The Hall–Kier alpha value is -6.68. The van der Waals surface area contributed by atoms with Crippen molar-refractivity contribution in [1.82, 2.24) is 0 Å². The van der Waals surface area contributed by atoms with Crippen molar-refractivity contribution in [3.05, 3.63) is 161 Å². The standard InChI is InChI=1S/C18H18O3.C18H16O3.C13H8O2.C5H9ClO/c2*1-18(2,3)17(20)21-11-8-9-13-12-6-4-5-7-14(12)16(19)15(13)10-11;14-8-5-6-10-9-3-1-2-4-11(9)13(15)12(10)7-8;1-5(2,3)4(6)7/h4-10,16,19H,1-3H3;4-10H,1-3H3;1-7,14H;1-3H3. The number of phenols is 1. The molecule has 328 valence electrons. The first-order valence-corrected chi connectivity index (χ1v) is 21.2. The van der Waals surface area contributed by atoms with Crippen LogP contribution >= 0.6 is 11.6 Å². The van der Waals surface area contributed by atoms with E-state index in [0.29, 0.717) is 28.2 Å². The smallest absolute Gasteiger partial charge is 0.316 e. The second kappa shape index (κ2) is 18.2. The van der Waals surface area contributed by atoms with Gasteiger partial charge in [0.05, 0.1) is 10.8 Å². The number of benzene rings is 6. The molecule has 0 saturated heterocycles. The van der Waals surface area contributed by atoms with Crippen LogP contribution in [0.3, 0.4) is 0 Å². The number of hydrogen-bond donors (Lipinski definition) is 2. The number of esters is 2. The average molecular weight is 879 g/mol. The zero-order chi connectivity index (χ0) is 46.9. The molecule has 0 radical (unpaired) electrons. The van der Waals surface area contributed by atoms with Crippen molar-refractivity contribution in [2.75, 3.05) is 0 Å². The van der Waals surface area contributed by atoms with Crippen LogP contribution in [-0.2, 0) is 14.4 Å². The van der Waals surface area contributed by atoms with Crippen LogP contribution in [0, 0.1) is 16.2 Å². The van der Waals surface area contributed by atoms with Gasteiger partial charge in [-0.3, -0.25) is 24.0 Å². The Morgan fingerprint density at radius 1 is 0.453 bits per heavy atom. The normalized spacial score (nSPS) is 13.7. The second-order valence-corrected chi connectivity index (χ2v) is 19.1. The molecule has 3 aliphatic rings. The summed E-state index contributed by atoms with van der Waals surface area (Å²) < 4.78 is 10.8. The monoisotopic (exact) mass is 878 g/mol. The number of ether oxygens (including phenoxy) is 2. The van der Waals surface area contributed by atoms with E-state index in [1.54, 1.807) is 77.9 Å². The minimum atomic E-state index is -0.663. The molecule has 1 atom stereocenters. The van der Waals surface area contributed by atoms with E-state index in [-0.39, 0.29) is 39.9 Å². The van der Waals surface area contributed by atoms with E-state index in [0.717, 1.165) is 50.1 Å². The van der Waals surface area contributed by atoms with E-state index in [9.17, 15) is 34.2 Å². The molecule has 0 fully saturated rings. The highest BCUT2D eigenvalue weighted by Gasteiger charge is 2.31. The molecular formula is C54H51ClO9. The number of aliphatic hydroxyl groups excluding tert-OH is 1. The Kier molecular flexibility index (Phi) is 13.3. The predicted octanol–water partition coefficient (Wildman–Crippen LogP) is 12.0. The fourth-order valence-electron chi connectivity index (χ4n) is 6.83. The highest BCUT2D eigenvalue weighted by atomic mass is 35.5. The molecule has 0 aliphatic heterocycles. The van der Waals surface area contributed by atoms with Crippen molar-refractivity contribution >= 4 is 40.3 Å². The van der Waals surface area contributed by atoms with Gasteiger partial charge in [-0.2, -0.15) is 0 Å². The van der Waals surface area contributed by atoms with E-state index in [1.807, 2.05) is 106 Å². The van der Waals surface area contributed by atoms with Crippen molar-refractivity contribution < 1.29 is 43.7 Å². The average Bonchev–Trinajstić information content (AvgIpc) is 3.80. The molecule has 0 amide bonds. The van der Waals surface area contributed by atoms with Crippen LogP contribution in [0.5, 0.6) is 17.2 Å². The molecule has 6 aromatic rings. The number of phenolic OH excluding ortho intramolecular Hbond substituents is 1. The van der Waals surface area contributed by atoms with Crippen molar-refractivity contribution in [2.24, 2.45) is 16.2 Å². The molecule has 2 N–H and O–H groups in total. The number of aliphatic hydroxyl groups is 1. The van der Waals surface area contributed by atoms with Gasteiger partial charge in [-0.15, -0.1) is 0 Å². The molecule has 0 spiro atoms. The van der Waals surface area contributed by atoms with Crippen LogP contribution in [0.15, 0.2) is 127 Å². The van der Waals surface area contributed by atoms with E-state index >= 15 is 0 Å². The lowest BCUT2D eigenvalue weighted by atomic mass is 9.97. The van der Waals surface area contributed by atoms with Gasteiger partial charge in [0.15, 0.2) is 11.6 Å². The summed E-state index contributed by atoms with van der Waals surface area (Å²) in [6.45, 7) is 16.2. The number of rotatable bonds is 2. The molecule has 3 aliphatic carbocycles. The number of halogens is 1. The second-order valence-electron chi connectivity index (χ2n) is 18.7. The quantitative estimate of drug-likeness (QED) is 0.0985. The fraction of sp³-hybridized carbons (Fsp3) is 0.241. The molecule has 9 nitrogen and oxygen atoms in total. The molecule has 9 rings (SSSR count). The predicted molar refractivity (Wildman–Crippen MR) is 249 cm³/mol.